The Bertz CT molecular complexity index is 1110. The zero-order valence-corrected chi connectivity index (χ0v) is 17.0. The summed E-state index contributed by atoms with van der Waals surface area (Å²) in [6.07, 6.45) is 1.35. The number of hydrazone groups is 1. The van der Waals surface area contributed by atoms with E-state index in [1.54, 1.807) is 43.5 Å². The number of carbonyl (C=O) groups excluding carboxylic acids is 1. The molecule has 0 saturated carbocycles. The quantitative estimate of drug-likeness (QED) is 0.337. The van der Waals surface area contributed by atoms with Gasteiger partial charge in [-0.05, 0) is 79.6 Å². The first-order valence-corrected chi connectivity index (χ1v) is 9.26. The summed E-state index contributed by atoms with van der Waals surface area (Å²) in [5, 5.41) is 22.4. The smallest absolute Gasteiger partial charge is 0.271 e. The second-order valence-electron chi connectivity index (χ2n) is 6.64. The van der Waals surface area contributed by atoms with E-state index >= 15 is 0 Å². The van der Waals surface area contributed by atoms with Crippen LogP contribution in [0.15, 0.2) is 76.0 Å². The number of methoxy groups -OCH3 is 1. The Kier molecular flexibility index (Phi) is 6.54. The lowest BCUT2D eigenvalue weighted by molar-refractivity contribution is 0.0955. The number of ether oxygens (including phenoxy) is 1. The van der Waals surface area contributed by atoms with Crippen LogP contribution in [-0.4, -0.2) is 24.3 Å². The lowest BCUT2D eigenvalue weighted by Crippen LogP contribution is -2.17. The van der Waals surface area contributed by atoms with Gasteiger partial charge in [-0.3, -0.25) is 4.79 Å². The molecule has 0 unspecified atom stereocenters. The first-order valence-electron chi connectivity index (χ1n) is 9.26. The molecule has 0 bridgehead atoms. The van der Waals surface area contributed by atoms with E-state index in [2.05, 4.69) is 20.8 Å². The average Bonchev–Trinajstić information content (AvgIpc) is 2.76. The summed E-state index contributed by atoms with van der Waals surface area (Å²) < 4.78 is 5.07. The fourth-order valence-corrected chi connectivity index (χ4v) is 2.58. The highest BCUT2D eigenvalue weighted by atomic mass is 16.5. The predicted octanol–water partition coefficient (Wildman–Crippen LogP) is 5.20. The number of hydrogen-bond donors (Lipinski definition) is 2. The van der Waals surface area contributed by atoms with Crippen molar-refractivity contribution in [1.82, 2.24) is 5.43 Å². The molecule has 0 heterocycles. The molecule has 30 heavy (non-hydrogen) atoms. The van der Waals surface area contributed by atoms with E-state index in [1.807, 2.05) is 32.0 Å². The van der Waals surface area contributed by atoms with Crippen molar-refractivity contribution in [3.05, 3.63) is 82.9 Å². The van der Waals surface area contributed by atoms with Crippen LogP contribution >= 0.6 is 0 Å². The van der Waals surface area contributed by atoms with Crippen LogP contribution in [0.25, 0.3) is 0 Å². The van der Waals surface area contributed by atoms with Gasteiger partial charge in [0.15, 0.2) is 0 Å². The number of azo groups is 1. The number of aryl methyl sites for hydroxylation is 2. The summed E-state index contributed by atoms with van der Waals surface area (Å²) >= 11 is 0. The summed E-state index contributed by atoms with van der Waals surface area (Å²) in [7, 11) is 1.56. The SMILES string of the molecule is COc1ccc(C(=O)NN=Cc2cc(N=Nc3ccc(C)c(C)c3)ccc2O)cc1. The first kappa shape index (κ1) is 20.7. The molecule has 7 nitrogen and oxygen atoms in total. The maximum absolute atomic E-state index is 12.1. The molecule has 152 valence electrons. The Morgan fingerprint density at radius 2 is 1.60 bits per heavy atom. The van der Waals surface area contributed by atoms with Crippen molar-refractivity contribution in [2.45, 2.75) is 13.8 Å². The molecule has 2 N–H and O–H groups in total. The number of aromatic hydroxyl groups is 1. The first-order chi connectivity index (χ1) is 14.5. The average molecular weight is 402 g/mol. The van der Waals surface area contributed by atoms with Gasteiger partial charge >= 0.3 is 0 Å². The number of nitrogens with zero attached hydrogens (tertiary/aromatic N) is 3. The van der Waals surface area contributed by atoms with Crippen molar-refractivity contribution in [1.29, 1.82) is 0 Å². The Hall–Kier alpha value is -4.00. The molecule has 0 aliphatic carbocycles. The molecule has 3 aromatic rings. The minimum absolute atomic E-state index is 0.0163. The minimum atomic E-state index is -0.376. The molecule has 0 spiro atoms. The molecule has 0 aliphatic rings. The van der Waals surface area contributed by atoms with Crippen LogP contribution in [0.4, 0.5) is 11.4 Å². The van der Waals surface area contributed by atoms with Gasteiger partial charge in [-0.1, -0.05) is 6.07 Å². The summed E-state index contributed by atoms with van der Waals surface area (Å²) in [4.78, 5) is 12.1. The van der Waals surface area contributed by atoms with E-state index in [0.29, 0.717) is 22.6 Å². The van der Waals surface area contributed by atoms with Crippen LogP contribution in [0.3, 0.4) is 0 Å². The highest BCUT2D eigenvalue weighted by Crippen LogP contribution is 2.25. The van der Waals surface area contributed by atoms with Gasteiger partial charge in [-0.2, -0.15) is 15.3 Å². The highest BCUT2D eigenvalue weighted by Gasteiger charge is 2.05. The number of rotatable bonds is 6. The summed E-state index contributed by atoms with van der Waals surface area (Å²) in [5.74, 6) is 0.299. The second-order valence-corrected chi connectivity index (χ2v) is 6.64. The predicted molar refractivity (Wildman–Crippen MR) is 116 cm³/mol. The molecular weight excluding hydrogens is 380 g/mol. The number of phenolic OH excluding ortho intramolecular Hbond substituents is 1. The molecule has 1 amide bonds. The van der Waals surface area contributed by atoms with E-state index in [4.69, 9.17) is 4.74 Å². The summed E-state index contributed by atoms with van der Waals surface area (Å²) in [6, 6.07) is 17.3. The van der Waals surface area contributed by atoms with Crippen molar-refractivity contribution in [3.8, 4) is 11.5 Å². The molecule has 0 fully saturated rings. The van der Waals surface area contributed by atoms with Gasteiger partial charge in [0.25, 0.3) is 5.91 Å². The normalized spacial score (nSPS) is 11.2. The van der Waals surface area contributed by atoms with Gasteiger partial charge in [0, 0.05) is 11.1 Å². The van der Waals surface area contributed by atoms with Crippen molar-refractivity contribution in [2.24, 2.45) is 15.3 Å². The fraction of sp³-hybridized carbons (Fsp3) is 0.130. The molecular formula is C23H22N4O3. The number of amides is 1. The minimum Gasteiger partial charge on any atom is -0.507 e. The van der Waals surface area contributed by atoms with Crippen LogP contribution in [-0.2, 0) is 0 Å². The highest BCUT2D eigenvalue weighted by molar-refractivity contribution is 5.95. The van der Waals surface area contributed by atoms with Gasteiger partial charge in [0.05, 0.1) is 24.7 Å². The number of carbonyl (C=O) groups is 1. The molecule has 3 aromatic carbocycles. The van der Waals surface area contributed by atoms with Crippen LogP contribution in [0.1, 0.15) is 27.0 Å². The molecule has 7 heteroatoms. The fourth-order valence-electron chi connectivity index (χ4n) is 2.58. The standard InChI is InChI=1S/C23H22N4O3/c1-15-4-7-19(12-16(15)2)25-26-20-8-11-22(28)18(13-20)14-24-27-23(29)17-5-9-21(30-3)10-6-17/h4-14,28H,1-3H3,(H,27,29). The van der Waals surface area contributed by atoms with E-state index < -0.39 is 0 Å². The van der Waals surface area contributed by atoms with E-state index in [-0.39, 0.29) is 11.7 Å². The van der Waals surface area contributed by atoms with Crippen molar-refractivity contribution in [2.75, 3.05) is 7.11 Å². The Labute approximate surface area is 174 Å². The van der Waals surface area contributed by atoms with E-state index in [0.717, 1.165) is 11.3 Å². The lowest BCUT2D eigenvalue weighted by Gasteiger charge is -2.03. The molecule has 0 aliphatic heterocycles. The monoisotopic (exact) mass is 402 g/mol. The molecule has 0 radical (unpaired) electrons. The topological polar surface area (TPSA) is 95.6 Å². The van der Waals surface area contributed by atoms with Gasteiger partial charge in [-0.15, -0.1) is 0 Å². The maximum atomic E-state index is 12.1. The van der Waals surface area contributed by atoms with Gasteiger partial charge in [0.2, 0.25) is 0 Å². The second kappa shape index (κ2) is 9.47. The number of hydrogen-bond acceptors (Lipinski definition) is 6. The Balaban J connectivity index is 1.69. The zero-order valence-electron chi connectivity index (χ0n) is 17.0. The van der Waals surface area contributed by atoms with Gasteiger partial charge in [-0.25, -0.2) is 5.43 Å². The van der Waals surface area contributed by atoms with Crippen molar-refractivity contribution in [3.63, 3.8) is 0 Å². The van der Waals surface area contributed by atoms with Crippen LogP contribution in [0.5, 0.6) is 11.5 Å². The van der Waals surface area contributed by atoms with Crippen LogP contribution in [0, 0.1) is 13.8 Å². The Morgan fingerprint density at radius 3 is 2.27 bits per heavy atom. The molecule has 0 saturated heterocycles. The Morgan fingerprint density at radius 1 is 0.933 bits per heavy atom. The summed E-state index contributed by atoms with van der Waals surface area (Å²) in [5.41, 5.74) is 6.89. The lowest BCUT2D eigenvalue weighted by atomic mass is 10.1. The number of benzene rings is 3. The number of nitrogens with one attached hydrogen (secondary N) is 1. The third-order valence-electron chi connectivity index (χ3n) is 4.50. The van der Waals surface area contributed by atoms with E-state index in [1.165, 1.54) is 17.8 Å². The van der Waals surface area contributed by atoms with Crippen molar-refractivity contribution < 1.29 is 14.6 Å². The number of phenols is 1. The van der Waals surface area contributed by atoms with Crippen LogP contribution in [0.2, 0.25) is 0 Å². The van der Waals surface area contributed by atoms with Crippen molar-refractivity contribution >= 4 is 23.5 Å². The van der Waals surface area contributed by atoms with Gasteiger partial charge in [0.1, 0.15) is 11.5 Å². The molecule has 0 atom stereocenters. The zero-order chi connectivity index (χ0) is 21.5. The maximum Gasteiger partial charge on any atom is 0.271 e. The van der Waals surface area contributed by atoms with Gasteiger partial charge < -0.3 is 9.84 Å². The third-order valence-corrected chi connectivity index (χ3v) is 4.50. The molecule has 3 rings (SSSR count). The summed E-state index contributed by atoms with van der Waals surface area (Å²) in [6.45, 7) is 4.05. The van der Waals surface area contributed by atoms with Crippen LogP contribution < -0.4 is 10.2 Å². The largest absolute Gasteiger partial charge is 0.507 e. The molecule has 0 aromatic heterocycles. The van der Waals surface area contributed by atoms with E-state index in [9.17, 15) is 9.90 Å². The third kappa shape index (κ3) is 5.29.